The second-order valence-electron chi connectivity index (χ2n) is 4.57. The first-order valence-corrected chi connectivity index (χ1v) is 5.73. The molecule has 18 heavy (non-hydrogen) atoms. The standard InChI is InChI=1S/C13H13FN2O2/c1-9-7-10(3-4-11(9)12(17)18-14)16-13(8-15)5-2-6-13/h3-4,7,16H,2,5-6H2,1H3. The molecule has 0 aromatic heterocycles. The van der Waals surface area contributed by atoms with Crippen molar-refractivity contribution >= 4 is 11.7 Å². The SMILES string of the molecule is Cc1cc(NC2(C#N)CCC2)ccc1C(=O)OF. The second kappa shape index (κ2) is 4.65. The maximum absolute atomic E-state index is 11.8. The molecule has 4 nitrogen and oxygen atoms in total. The average molecular weight is 248 g/mol. The van der Waals surface area contributed by atoms with E-state index in [1.165, 1.54) is 6.07 Å². The summed E-state index contributed by atoms with van der Waals surface area (Å²) in [6, 6.07) is 7.12. The van der Waals surface area contributed by atoms with E-state index in [0.29, 0.717) is 5.56 Å². The van der Waals surface area contributed by atoms with E-state index < -0.39 is 11.5 Å². The van der Waals surface area contributed by atoms with Crippen molar-refractivity contribution in [1.82, 2.24) is 0 Å². The van der Waals surface area contributed by atoms with Gasteiger partial charge in [-0.25, -0.2) is 9.74 Å². The van der Waals surface area contributed by atoms with Crippen LogP contribution in [0.3, 0.4) is 0 Å². The lowest BCUT2D eigenvalue weighted by Gasteiger charge is -2.36. The number of aryl methyl sites for hydroxylation is 1. The predicted molar refractivity (Wildman–Crippen MR) is 63.5 cm³/mol. The van der Waals surface area contributed by atoms with Gasteiger partial charge in [0.15, 0.2) is 0 Å². The van der Waals surface area contributed by atoms with Gasteiger partial charge in [0.25, 0.3) is 0 Å². The highest BCUT2D eigenvalue weighted by molar-refractivity contribution is 5.91. The molecule has 0 aliphatic heterocycles. The molecule has 0 amide bonds. The van der Waals surface area contributed by atoms with Crippen molar-refractivity contribution < 1.29 is 14.3 Å². The summed E-state index contributed by atoms with van der Waals surface area (Å²) in [4.78, 5) is 14.3. The van der Waals surface area contributed by atoms with E-state index in [-0.39, 0.29) is 5.56 Å². The van der Waals surface area contributed by atoms with E-state index in [2.05, 4.69) is 16.3 Å². The van der Waals surface area contributed by atoms with Crippen LogP contribution >= 0.6 is 0 Å². The largest absolute Gasteiger partial charge is 0.379 e. The Morgan fingerprint density at radius 1 is 1.56 bits per heavy atom. The van der Waals surface area contributed by atoms with E-state index >= 15 is 0 Å². The Morgan fingerprint density at radius 2 is 2.28 bits per heavy atom. The number of halogens is 1. The molecule has 0 bridgehead atoms. The summed E-state index contributed by atoms with van der Waals surface area (Å²) in [5.41, 5.74) is 1.05. The maximum Gasteiger partial charge on any atom is 0.379 e. The third kappa shape index (κ3) is 2.14. The molecule has 1 saturated carbocycles. The summed E-state index contributed by atoms with van der Waals surface area (Å²) in [7, 11) is 0. The molecule has 94 valence electrons. The van der Waals surface area contributed by atoms with Gasteiger partial charge < -0.3 is 5.32 Å². The number of anilines is 1. The normalized spacial score (nSPS) is 16.3. The third-order valence-corrected chi connectivity index (χ3v) is 3.32. The summed E-state index contributed by atoms with van der Waals surface area (Å²) in [5.74, 6) is -1.00. The molecule has 5 heteroatoms. The van der Waals surface area contributed by atoms with Crippen LogP contribution in [0.15, 0.2) is 18.2 Å². The molecule has 1 aromatic carbocycles. The average Bonchev–Trinajstić information content (AvgIpc) is 2.33. The zero-order chi connectivity index (χ0) is 13.2. The topological polar surface area (TPSA) is 62.1 Å². The van der Waals surface area contributed by atoms with Crippen LogP contribution in [0.5, 0.6) is 0 Å². The van der Waals surface area contributed by atoms with Crippen LogP contribution in [0.1, 0.15) is 35.2 Å². The van der Waals surface area contributed by atoms with Crippen LogP contribution in [-0.4, -0.2) is 11.5 Å². The highest BCUT2D eigenvalue weighted by atomic mass is 19.3. The third-order valence-electron chi connectivity index (χ3n) is 3.32. The molecule has 0 heterocycles. The van der Waals surface area contributed by atoms with Gasteiger partial charge in [-0.15, -0.1) is 0 Å². The van der Waals surface area contributed by atoms with Crippen LogP contribution in [0.4, 0.5) is 10.2 Å². The number of benzene rings is 1. The van der Waals surface area contributed by atoms with Gasteiger partial charge in [0.1, 0.15) is 5.54 Å². The first kappa shape index (κ1) is 12.4. The lowest BCUT2D eigenvalue weighted by Crippen LogP contribution is -2.43. The number of rotatable bonds is 3. The molecule has 0 unspecified atom stereocenters. The van der Waals surface area contributed by atoms with Crippen LogP contribution < -0.4 is 5.32 Å². The minimum atomic E-state index is -1.00. The Kier molecular flexibility index (Phi) is 3.19. The minimum Gasteiger partial charge on any atom is -0.367 e. The maximum atomic E-state index is 11.8. The first-order valence-electron chi connectivity index (χ1n) is 5.73. The summed E-state index contributed by atoms with van der Waals surface area (Å²) >= 11 is 0. The van der Waals surface area contributed by atoms with Crippen molar-refractivity contribution in [2.75, 3.05) is 5.32 Å². The van der Waals surface area contributed by atoms with Gasteiger partial charge in [-0.05, 0) is 49.9 Å². The Labute approximate surface area is 104 Å². The molecule has 1 N–H and O–H groups in total. The van der Waals surface area contributed by atoms with Gasteiger partial charge in [0, 0.05) is 10.2 Å². The molecular weight excluding hydrogens is 235 g/mol. The Hall–Kier alpha value is -2.09. The van der Waals surface area contributed by atoms with Gasteiger partial charge in [0.05, 0.1) is 11.6 Å². The smallest absolute Gasteiger partial charge is 0.367 e. The summed E-state index contributed by atoms with van der Waals surface area (Å²) in [6.07, 6.45) is 2.67. The van der Waals surface area contributed by atoms with Crippen molar-refractivity contribution in [2.45, 2.75) is 31.7 Å². The van der Waals surface area contributed by atoms with Crippen molar-refractivity contribution in [3.05, 3.63) is 29.3 Å². The van der Waals surface area contributed by atoms with Crippen molar-refractivity contribution in [3.8, 4) is 6.07 Å². The quantitative estimate of drug-likeness (QED) is 0.893. The molecule has 1 aliphatic rings. The zero-order valence-electron chi connectivity index (χ0n) is 10.00. The molecule has 2 rings (SSSR count). The molecule has 0 radical (unpaired) electrons. The molecule has 1 aliphatic carbocycles. The summed E-state index contributed by atoms with van der Waals surface area (Å²) in [6.45, 7) is 1.69. The number of hydrogen-bond donors (Lipinski definition) is 1. The Bertz CT molecular complexity index is 518. The summed E-state index contributed by atoms with van der Waals surface area (Å²) < 4.78 is 11.8. The highest BCUT2D eigenvalue weighted by Gasteiger charge is 2.37. The summed E-state index contributed by atoms with van der Waals surface area (Å²) in [5, 5.41) is 12.3. The number of nitrogens with one attached hydrogen (secondary N) is 1. The monoisotopic (exact) mass is 248 g/mol. The number of nitrogens with zero attached hydrogens (tertiary/aromatic N) is 1. The highest BCUT2D eigenvalue weighted by Crippen LogP contribution is 2.35. The number of carbonyl (C=O) groups is 1. The fourth-order valence-corrected chi connectivity index (χ4v) is 2.08. The zero-order valence-corrected chi connectivity index (χ0v) is 10.00. The molecular formula is C13H13FN2O2. The molecule has 0 atom stereocenters. The van der Waals surface area contributed by atoms with Gasteiger partial charge in [-0.1, -0.05) is 0 Å². The van der Waals surface area contributed by atoms with Gasteiger partial charge in [-0.3, -0.25) is 0 Å². The van der Waals surface area contributed by atoms with Crippen LogP contribution in [-0.2, 0) is 4.94 Å². The van der Waals surface area contributed by atoms with Gasteiger partial charge in [-0.2, -0.15) is 5.26 Å². The van der Waals surface area contributed by atoms with Gasteiger partial charge >= 0.3 is 5.97 Å². The Balaban J connectivity index is 2.19. The van der Waals surface area contributed by atoms with Crippen LogP contribution in [0, 0.1) is 18.3 Å². The van der Waals surface area contributed by atoms with Crippen molar-refractivity contribution in [2.24, 2.45) is 0 Å². The predicted octanol–water partition coefficient (Wildman–Crippen LogP) is 2.89. The molecule has 1 aromatic rings. The van der Waals surface area contributed by atoms with E-state index in [1.807, 2.05) is 0 Å². The lowest BCUT2D eigenvalue weighted by atomic mass is 9.78. The lowest BCUT2D eigenvalue weighted by molar-refractivity contribution is -0.0788. The number of hydrogen-bond acceptors (Lipinski definition) is 4. The van der Waals surface area contributed by atoms with E-state index in [9.17, 15) is 9.32 Å². The Morgan fingerprint density at radius 3 is 2.72 bits per heavy atom. The fourth-order valence-electron chi connectivity index (χ4n) is 2.08. The fraction of sp³-hybridized carbons (Fsp3) is 0.385. The molecule has 1 fully saturated rings. The minimum absolute atomic E-state index is 0.183. The van der Waals surface area contributed by atoms with Crippen molar-refractivity contribution in [3.63, 3.8) is 0 Å². The molecule has 0 spiro atoms. The molecule has 0 saturated heterocycles. The number of nitriles is 1. The van der Waals surface area contributed by atoms with E-state index in [4.69, 9.17) is 5.26 Å². The number of carbonyl (C=O) groups excluding carboxylic acids is 1. The van der Waals surface area contributed by atoms with Crippen molar-refractivity contribution in [1.29, 1.82) is 5.26 Å². The van der Waals surface area contributed by atoms with E-state index in [0.717, 1.165) is 24.9 Å². The van der Waals surface area contributed by atoms with E-state index in [1.54, 1.807) is 19.1 Å². The van der Waals surface area contributed by atoms with Crippen LogP contribution in [0.2, 0.25) is 0 Å². The second-order valence-corrected chi connectivity index (χ2v) is 4.57. The van der Waals surface area contributed by atoms with Crippen LogP contribution in [0.25, 0.3) is 0 Å². The first-order chi connectivity index (χ1) is 8.60. The van der Waals surface area contributed by atoms with Gasteiger partial charge in [0.2, 0.25) is 0 Å².